The van der Waals surface area contributed by atoms with E-state index in [9.17, 15) is 9.81 Å². The van der Waals surface area contributed by atoms with Crippen LogP contribution in [-0.2, 0) is 6.42 Å². The minimum Gasteiger partial charge on any atom is -0.456 e. The smallest absolute Gasteiger partial charge is 0.143 e. The summed E-state index contributed by atoms with van der Waals surface area (Å²) in [4.78, 5) is 21.3. The molecule has 0 aliphatic rings. The zero-order chi connectivity index (χ0) is 22.3. The van der Waals surface area contributed by atoms with E-state index in [1.54, 1.807) is 18.2 Å². The molecule has 0 fully saturated rings. The lowest BCUT2D eigenvalue weighted by molar-refractivity contribution is 0.489. The first-order valence-electron chi connectivity index (χ1n) is 10.5. The fourth-order valence-corrected chi connectivity index (χ4v) is 3.78. The maximum atomic E-state index is 11.1. The van der Waals surface area contributed by atoms with Gasteiger partial charge in [0.15, 0.2) is 0 Å². The van der Waals surface area contributed by atoms with Crippen molar-refractivity contribution < 1.29 is 4.74 Å². The van der Waals surface area contributed by atoms with Crippen molar-refractivity contribution in [2.45, 2.75) is 13.3 Å². The molecular weight excluding hydrogens is 400 g/mol. The van der Waals surface area contributed by atoms with Gasteiger partial charge in [0.05, 0.1) is 6.54 Å². The number of hydrogen-bond donors (Lipinski definition) is 0. The predicted octanol–water partition coefficient (Wildman–Crippen LogP) is 8.04. The van der Waals surface area contributed by atoms with Crippen molar-refractivity contribution in [1.82, 2.24) is 0 Å². The van der Waals surface area contributed by atoms with E-state index in [2.05, 4.69) is 35.5 Å². The zero-order valence-corrected chi connectivity index (χ0v) is 17.7. The summed E-state index contributed by atoms with van der Waals surface area (Å²) in [5, 5.41) is 7.74. The molecule has 5 heteroatoms. The Morgan fingerprint density at radius 3 is 2.38 bits per heavy atom. The van der Waals surface area contributed by atoms with Gasteiger partial charge in [0, 0.05) is 10.9 Å². The molecule has 0 saturated heterocycles. The summed E-state index contributed by atoms with van der Waals surface area (Å²) < 4.78 is 6.47. The van der Waals surface area contributed by atoms with Crippen LogP contribution in [0.15, 0.2) is 95.3 Å². The first-order valence-corrected chi connectivity index (χ1v) is 10.5. The maximum absolute atomic E-state index is 11.1. The maximum Gasteiger partial charge on any atom is 0.143 e. The first kappa shape index (κ1) is 21.1. The highest BCUT2D eigenvalue weighted by Gasteiger charge is 2.17. The molecule has 158 valence electrons. The molecule has 0 amide bonds. The van der Waals surface area contributed by atoms with Crippen LogP contribution in [0.25, 0.3) is 28.0 Å². The van der Waals surface area contributed by atoms with Gasteiger partial charge in [-0.05, 0) is 64.0 Å². The van der Waals surface area contributed by atoms with E-state index in [-0.39, 0.29) is 6.54 Å². The number of hydrogen-bond acceptors (Lipinski definition) is 5. The van der Waals surface area contributed by atoms with Gasteiger partial charge in [0.25, 0.3) is 0 Å². The third kappa shape index (κ3) is 4.47. The molecule has 0 spiro atoms. The van der Waals surface area contributed by atoms with Gasteiger partial charge in [-0.1, -0.05) is 72.8 Å². The average molecular weight is 422 g/mol. The van der Waals surface area contributed by atoms with Crippen LogP contribution in [0.4, 0.5) is 5.69 Å². The van der Waals surface area contributed by atoms with E-state index in [0.717, 1.165) is 45.2 Å². The number of rotatable bonds is 8. The molecule has 4 aromatic carbocycles. The lowest BCUT2D eigenvalue weighted by Gasteiger charge is -2.18. The number of nitrogens with zero attached hydrogens (tertiary/aromatic N) is 2. The molecule has 0 N–H and O–H groups in total. The summed E-state index contributed by atoms with van der Waals surface area (Å²) in [6.45, 7) is 2.25. The molecule has 0 radical (unpaired) electrons. The Balaban J connectivity index is 1.85. The summed E-state index contributed by atoms with van der Waals surface area (Å²) in [6.07, 6.45) is 4.37. The highest BCUT2D eigenvalue weighted by Crippen LogP contribution is 2.43. The zero-order valence-electron chi connectivity index (χ0n) is 17.7. The van der Waals surface area contributed by atoms with E-state index in [1.807, 2.05) is 54.6 Å². The lowest BCUT2D eigenvalue weighted by Crippen LogP contribution is -1.96. The monoisotopic (exact) mass is 422 g/mol. The summed E-state index contributed by atoms with van der Waals surface area (Å²) >= 11 is 0. The molecule has 0 unspecified atom stereocenters. The highest BCUT2D eigenvalue weighted by atomic mass is 16.5. The lowest BCUT2D eigenvalue weighted by atomic mass is 9.92. The molecular formula is C27H22N2O3. The molecule has 0 atom stereocenters. The van der Waals surface area contributed by atoms with E-state index >= 15 is 0 Å². The van der Waals surface area contributed by atoms with Gasteiger partial charge in [-0.15, -0.1) is 4.91 Å². The minimum atomic E-state index is 0.145. The molecule has 4 aromatic rings. The van der Waals surface area contributed by atoms with E-state index in [1.165, 1.54) is 0 Å². The quantitative estimate of drug-likeness (QED) is 0.270. The van der Waals surface area contributed by atoms with Gasteiger partial charge in [0.1, 0.15) is 17.2 Å². The summed E-state index contributed by atoms with van der Waals surface area (Å²) in [5.74, 6) is 1.44. The van der Waals surface area contributed by atoms with Crippen molar-refractivity contribution >= 4 is 22.5 Å². The molecule has 0 heterocycles. The van der Waals surface area contributed by atoms with Crippen LogP contribution in [-0.4, -0.2) is 6.54 Å². The standard InChI is InChI=1S/C27H22N2O3/c1-2-20-17-22-18-23(29-31)12-15-25(22)27(26(20)21-8-4-3-5-9-21)32-24-13-10-19(11-14-24)7-6-16-28-30/h3-15,17-18H,2,16H2,1H3/b7-6+. The molecule has 0 bridgehead atoms. The van der Waals surface area contributed by atoms with Crippen LogP contribution in [0.2, 0.25) is 0 Å². The van der Waals surface area contributed by atoms with Crippen molar-refractivity contribution in [3.05, 3.63) is 106 Å². The molecule has 5 nitrogen and oxygen atoms in total. The second-order valence-corrected chi connectivity index (χ2v) is 7.34. The number of aryl methyl sites for hydroxylation is 1. The van der Waals surface area contributed by atoms with Crippen molar-refractivity contribution in [2.24, 2.45) is 10.4 Å². The van der Waals surface area contributed by atoms with Gasteiger partial charge in [-0.2, -0.15) is 4.91 Å². The SMILES string of the molecule is CCc1cc2cc(N=O)ccc2c(Oc2ccc(/C=C/CN=O)cc2)c1-c1ccccc1. The highest BCUT2D eigenvalue weighted by molar-refractivity contribution is 5.98. The number of nitroso groups, excluding NO2 is 2. The summed E-state index contributed by atoms with van der Waals surface area (Å²) in [5.41, 5.74) is 4.58. The number of fused-ring (bicyclic) bond motifs is 1. The van der Waals surface area contributed by atoms with E-state index < -0.39 is 0 Å². The van der Waals surface area contributed by atoms with Gasteiger partial charge in [0.2, 0.25) is 0 Å². The Kier molecular flexibility index (Phi) is 6.46. The minimum absolute atomic E-state index is 0.145. The molecule has 4 rings (SSSR count). The summed E-state index contributed by atoms with van der Waals surface area (Å²) in [6, 6.07) is 25.3. The Hall–Kier alpha value is -4.12. The molecule has 32 heavy (non-hydrogen) atoms. The Bertz CT molecular complexity index is 1280. The fraction of sp³-hybridized carbons (Fsp3) is 0.111. The number of ether oxygens (including phenoxy) is 1. The van der Waals surface area contributed by atoms with Crippen LogP contribution >= 0.6 is 0 Å². The van der Waals surface area contributed by atoms with E-state index in [4.69, 9.17) is 4.74 Å². The first-order chi connectivity index (χ1) is 15.7. The van der Waals surface area contributed by atoms with Crippen LogP contribution in [0, 0.1) is 9.81 Å². The topological polar surface area (TPSA) is 68.1 Å². The van der Waals surface area contributed by atoms with Crippen LogP contribution in [0.5, 0.6) is 11.5 Å². The average Bonchev–Trinajstić information content (AvgIpc) is 2.85. The molecule has 0 saturated carbocycles. The summed E-state index contributed by atoms with van der Waals surface area (Å²) in [7, 11) is 0. The fourth-order valence-electron chi connectivity index (χ4n) is 3.78. The Labute approximate surface area is 186 Å². The van der Waals surface area contributed by atoms with Crippen LogP contribution in [0.3, 0.4) is 0 Å². The molecule has 0 aliphatic carbocycles. The normalized spacial score (nSPS) is 11.0. The van der Waals surface area contributed by atoms with Gasteiger partial charge in [-0.25, -0.2) is 0 Å². The molecule has 0 aliphatic heterocycles. The van der Waals surface area contributed by atoms with Crippen LogP contribution < -0.4 is 4.74 Å². The predicted molar refractivity (Wildman–Crippen MR) is 130 cm³/mol. The van der Waals surface area contributed by atoms with Gasteiger partial charge < -0.3 is 4.74 Å². The van der Waals surface area contributed by atoms with Crippen molar-refractivity contribution in [3.8, 4) is 22.6 Å². The Morgan fingerprint density at radius 2 is 1.69 bits per heavy atom. The second kappa shape index (κ2) is 9.79. The van der Waals surface area contributed by atoms with Gasteiger partial charge in [-0.3, -0.25) is 0 Å². The third-order valence-corrected chi connectivity index (χ3v) is 5.30. The van der Waals surface area contributed by atoms with Crippen molar-refractivity contribution in [2.75, 3.05) is 6.54 Å². The van der Waals surface area contributed by atoms with Crippen molar-refractivity contribution in [1.29, 1.82) is 0 Å². The van der Waals surface area contributed by atoms with E-state index in [0.29, 0.717) is 11.4 Å². The van der Waals surface area contributed by atoms with Crippen LogP contribution in [0.1, 0.15) is 18.1 Å². The second-order valence-electron chi connectivity index (χ2n) is 7.34. The van der Waals surface area contributed by atoms with Crippen molar-refractivity contribution in [3.63, 3.8) is 0 Å². The third-order valence-electron chi connectivity index (χ3n) is 5.30. The number of benzene rings is 4. The molecule has 0 aromatic heterocycles. The largest absolute Gasteiger partial charge is 0.456 e. The Morgan fingerprint density at radius 1 is 0.906 bits per heavy atom. The van der Waals surface area contributed by atoms with Gasteiger partial charge >= 0.3 is 0 Å².